The number of methoxy groups -OCH3 is 1. The minimum absolute atomic E-state index is 0.108. The summed E-state index contributed by atoms with van der Waals surface area (Å²) in [6.07, 6.45) is 0.0321. The normalized spacial score (nSPS) is 11.8. The van der Waals surface area contributed by atoms with Crippen molar-refractivity contribution in [2.45, 2.75) is 25.4 Å². The molecule has 0 fully saturated rings. The molecule has 110 valence electrons. The molecule has 1 unspecified atom stereocenters. The van der Waals surface area contributed by atoms with Gasteiger partial charge in [0.05, 0.1) is 13.2 Å². The monoisotopic (exact) mass is 280 g/mol. The van der Waals surface area contributed by atoms with Crippen LogP contribution in [0.25, 0.3) is 0 Å². The van der Waals surface area contributed by atoms with E-state index in [2.05, 4.69) is 0 Å². The lowest BCUT2D eigenvalue weighted by Crippen LogP contribution is -2.41. The number of nitrogens with zero attached hydrogens (tertiary/aromatic N) is 1. The molecular formula is C14H20N2O4. The number of nitrogens with two attached hydrogens (primary N) is 1. The van der Waals surface area contributed by atoms with Gasteiger partial charge in [-0.2, -0.15) is 0 Å². The van der Waals surface area contributed by atoms with Crippen molar-refractivity contribution >= 4 is 11.9 Å². The zero-order valence-corrected chi connectivity index (χ0v) is 11.7. The Kier molecular flexibility index (Phi) is 5.99. The van der Waals surface area contributed by atoms with E-state index in [-0.39, 0.29) is 18.7 Å². The van der Waals surface area contributed by atoms with Gasteiger partial charge in [-0.3, -0.25) is 9.59 Å². The first-order chi connectivity index (χ1) is 9.43. The minimum Gasteiger partial charge on any atom is -0.497 e. The molecule has 20 heavy (non-hydrogen) atoms. The Bertz CT molecular complexity index is 459. The summed E-state index contributed by atoms with van der Waals surface area (Å²) in [4.78, 5) is 23.9. The van der Waals surface area contributed by atoms with E-state index in [4.69, 9.17) is 15.6 Å². The fourth-order valence-corrected chi connectivity index (χ4v) is 1.77. The second-order valence-electron chi connectivity index (χ2n) is 4.58. The maximum atomic E-state index is 12.0. The van der Waals surface area contributed by atoms with Gasteiger partial charge in [0.2, 0.25) is 5.91 Å². The van der Waals surface area contributed by atoms with Gasteiger partial charge < -0.3 is 20.5 Å². The maximum Gasteiger partial charge on any atom is 0.303 e. The lowest BCUT2D eigenvalue weighted by molar-refractivity contribution is -0.137. The number of hydrogen-bond donors (Lipinski definition) is 2. The number of aliphatic carboxylic acids is 1. The number of carboxylic acids is 1. The standard InChI is InChI=1S/C14H20N2O4/c1-16(14(19)12(15)7-8-13(17)18)9-10-3-5-11(20-2)6-4-10/h3-6,12H,7-9,15H2,1-2H3,(H,17,18). The molecule has 1 amide bonds. The molecule has 0 aromatic heterocycles. The zero-order chi connectivity index (χ0) is 15.1. The van der Waals surface area contributed by atoms with Gasteiger partial charge in [0, 0.05) is 20.0 Å². The molecule has 0 saturated heterocycles. The van der Waals surface area contributed by atoms with E-state index in [1.54, 1.807) is 14.2 Å². The lowest BCUT2D eigenvalue weighted by Gasteiger charge is -2.21. The van der Waals surface area contributed by atoms with E-state index in [0.29, 0.717) is 6.54 Å². The molecule has 0 aliphatic carbocycles. The predicted molar refractivity (Wildman–Crippen MR) is 74.3 cm³/mol. The molecule has 0 aliphatic heterocycles. The summed E-state index contributed by atoms with van der Waals surface area (Å²) in [6.45, 7) is 0.420. The molecule has 1 aromatic rings. The zero-order valence-electron chi connectivity index (χ0n) is 11.7. The number of rotatable bonds is 7. The Morgan fingerprint density at radius 1 is 1.35 bits per heavy atom. The van der Waals surface area contributed by atoms with Gasteiger partial charge in [-0.25, -0.2) is 0 Å². The smallest absolute Gasteiger partial charge is 0.303 e. The molecule has 0 aliphatic rings. The third kappa shape index (κ3) is 4.89. The van der Waals surface area contributed by atoms with Crippen molar-refractivity contribution in [2.24, 2.45) is 5.73 Å². The number of hydrogen-bond acceptors (Lipinski definition) is 4. The molecule has 0 saturated carbocycles. The van der Waals surface area contributed by atoms with Crippen molar-refractivity contribution in [2.75, 3.05) is 14.2 Å². The second-order valence-corrected chi connectivity index (χ2v) is 4.58. The topological polar surface area (TPSA) is 92.9 Å². The second kappa shape index (κ2) is 7.49. The van der Waals surface area contributed by atoms with Gasteiger partial charge in [0.25, 0.3) is 0 Å². The van der Waals surface area contributed by atoms with E-state index in [0.717, 1.165) is 11.3 Å². The Balaban J connectivity index is 2.53. The highest BCUT2D eigenvalue weighted by Gasteiger charge is 2.19. The fourth-order valence-electron chi connectivity index (χ4n) is 1.77. The summed E-state index contributed by atoms with van der Waals surface area (Å²) < 4.78 is 5.06. The van der Waals surface area contributed by atoms with Crippen LogP contribution in [0.3, 0.4) is 0 Å². The van der Waals surface area contributed by atoms with E-state index < -0.39 is 12.0 Å². The number of carbonyl (C=O) groups excluding carboxylic acids is 1. The first-order valence-corrected chi connectivity index (χ1v) is 6.29. The molecule has 0 radical (unpaired) electrons. The SMILES string of the molecule is COc1ccc(CN(C)C(=O)C(N)CCC(=O)O)cc1. The third-order valence-corrected chi connectivity index (χ3v) is 2.94. The number of carboxylic acid groups (broad SMARTS) is 1. The van der Waals surface area contributed by atoms with E-state index in [9.17, 15) is 9.59 Å². The van der Waals surface area contributed by atoms with Crippen LogP contribution in [0.4, 0.5) is 0 Å². The first kappa shape index (κ1) is 16.0. The fraction of sp³-hybridized carbons (Fsp3) is 0.429. The summed E-state index contributed by atoms with van der Waals surface area (Å²) >= 11 is 0. The third-order valence-electron chi connectivity index (χ3n) is 2.94. The van der Waals surface area contributed by atoms with Crippen molar-refractivity contribution < 1.29 is 19.4 Å². The number of ether oxygens (including phenoxy) is 1. The van der Waals surface area contributed by atoms with Crippen LogP contribution in [0.5, 0.6) is 5.75 Å². The molecule has 3 N–H and O–H groups in total. The Morgan fingerprint density at radius 2 is 1.95 bits per heavy atom. The number of likely N-dealkylation sites (N-methyl/N-ethyl adjacent to an activating group) is 1. The lowest BCUT2D eigenvalue weighted by atomic mass is 10.1. The van der Waals surface area contributed by atoms with Gasteiger partial charge in [-0.1, -0.05) is 12.1 Å². The van der Waals surface area contributed by atoms with Crippen LogP contribution < -0.4 is 10.5 Å². The van der Waals surface area contributed by atoms with E-state index in [1.807, 2.05) is 24.3 Å². The maximum absolute atomic E-state index is 12.0. The summed E-state index contributed by atoms with van der Waals surface area (Å²) in [6, 6.07) is 6.58. The minimum atomic E-state index is -0.953. The molecule has 0 bridgehead atoms. The van der Waals surface area contributed by atoms with Gasteiger partial charge in [-0.15, -0.1) is 0 Å². The van der Waals surface area contributed by atoms with Crippen LogP contribution >= 0.6 is 0 Å². The molecule has 1 aromatic carbocycles. The van der Waals surface area contributed by atoms with Crippen LogP contribution in [0, 0.1) is 0 Å². The number of benzene rings is 1. The highest BCUT2D eigenvalue weighted by Crippen LogP contribution is 2.13. The highest BCUT2D eigenvalue weighted by molar-refractivity contribution is 5.82. The molecule has 6 heteroatoms. The summed E-state index contributed by atoms with van der Waals surface area (Å²) in [5.41, 5.74) is 6.64. The molecule has 1 rings (SSSR count). The van der Waals surface area contributed by atoms with Crippen molar-refractivity contribution in [3.63, 3.8) is 0 Å². The van der Waals surface area contributed by atoms with Crippen LogP contribution in [0.1, 0.15) is 18.4 Å². The van der Waals surface area contributed by atoms with E-state index in [1.165, 1.54) is 4.90 Å². The number of amides is 1. The average molecular weight is 280 g/mol. The van der Waals surface area contributed by atoms with Crippen LogP contribution in [-0.2, 0) is 16.1 Å². The first-order valence-electron chi connectivity index (χ1n) is 6.29. The Hall–Kier alpha value is -2.08. The van der Waals surface area contributed by atoms with Crippen molar-refractivity contribution in [1.82, 2.24) is 4.90 Å². The molecule has 0 spiro atoms. The van der Waals surface area contributed by atoms with Crippen molar-refractivity contribution in [3.05, 3.63) is 29.8 Å². The molecule has 0 heterocycles. The Morgan fingerprint density at radius 3 is 2.45 bits per heavy atom. The summed E-state index contributed by atoms with van der Waals surface area (Å²) in [7, 11) is 3.24. The van der Waals surface area contributed by atoms with E-state index >= 15 is 0 Å². The summed E-state index contributed by atoms with van der Waals surface area (Å²) in [5.74, 6) is -0.464. The predicted octanol–water partition coefficient (Wildman–Crippen LogP) is 0.846. The Labute approximate surface area is 118 Å². The molecular weight excluding hydrogens is 260 g/mol. The van der Waals surface area contributed by atoms with Gasteiger partial charge >= 0.3 is 5.97 Å². The van der Waals surface area contributed by atoms with Gasteiger partial charge in [0.15, 0.2) is 0 Å². The average Bonchev–Trinajstić information content (AvgIpc) is 2.44. The summed E-state index contributed by atoms with van der Waals surface area (Å²) in [5, 5.41) is 8.58. The van der Waals surface area contributed by atoms with Crippen molar-refractivity contribution in [1.29, 1.82) is 0 Å². The van der Waals surface area contributed by atoms with Gasteiger partial charge in [-0.05, 0) is 24.1 Å². The highest BCUT2D eigenvalue weighted by atomic mass is 16.5. The van der Waals surface area contributed by atoms with Gasteiger partial charge in [0.1, 0.15) is 5.75 Å². The molecule has 6 nitrogen and oxygen atoms in total. The molecule has 1 atom stereocenters. The van der Waals surface area contributed by atoms with Crippen LogP contribution in [0.2, 0.25) is 0 Å². The largest absolute Gasteiger partial charge is 0.497 e. The van der Waals surface area contributed by atoms with Crippen LogP contribution in [0.15, 0.2) is 24.3 Å². The van der Waals surface area contributed by atoms with Crippen LogP contribution in [-0.4, -0.2) is 42.1 Å². The quantitative estimate of drug-likeness (QED) is 0.772. The van der Waals surface area contributed by atoms with Crippen molar-refractivity contribution in [3.8, 4) is 5.75 Å². The number of carbonyl (C=O) groups is 2.